The van der Waals surface area contributed by atoms with Gasteiger partial charge in [0.2, 0.25) is 0 Å². The molecule has 4 nitrogen and oxygen atoms in total. The predicted octanol–water partition coefficient (Wildman–Crippen LogP) is 21.2. The molecule has 0 aliphatic rings. The third-order valence-corrected chi connectivity index (χ3v) is 20.7. The third kappa shape index (κ3) is 5.70. The number of para-hydroxylation sites is 6. The molecule has 0 aliphatic heterocycles. The SMILES string of the molecule is c1ccc2c(c1)c1ccccc1n2-c1ccc2sc3ccc(-n4c5ccccc5c5c6sc7c(ccc8c7c7ccccc7n8-c7ccc8sc9ccc(-n%10c%11ccccc%11c%11ccccc%11%10)cc9c8c7)c6ccc54)cc3c2c1. The molecular formula is C72H40N4S3. The van der Waals surface area contributed by atoms with E-state index < -0.39 is 0 Å². The summed E-state index contributed by atoms with van der Waals surface area (Å²) in [5, 5.41) is 18.0. The largest absolute Gasteiger partial charge is 0.309 e. The monoisotopic (exact) mass is 1060 g/mol. The number of benzene rings is 12. The molecule has 7 heteroatoms. The van der Waals surface area contributed by atoms with Crippen LogP contribution >= 0.6 is 34.0 Å². The van der Waals surface area contributed by atoms with Crippen LogP contribution in [0, 0.1) is 0 Å². The van der Waals surface area contributed by atoms with Crippen LogP contribution in [-0.2, 0) is 0 Å². The van der Waals surface area contributed by atoms with E-state index in [4.69, 9.17) is 0 Å². The smallest absolute Gasteiger partial charge is 0.0555 e. The molecule has 0 N–H and O–H groups in total. The van der Waals surface area contributed by atoms with E-state index in [1.54, 1.807) is 0 Å². The van der Waals surface area contributed by atoms with Gasteiger partial charge < -0.3 is 18.3 Å². The van der Waals surface area contributed by atoms with Crippen molar-refractivity contribution < 1.29 is 0 Å². The summed E-state index contributed by atoms with van der Waals surface area (Å²) in [6.07, 6.45) is 0. The molecule has 7 heterocycles. The van der Waals surface area contributed by atoms with Crippen molar-refractivity contribution in [3.05, 3.63) is 243 Å². The zero-order chi connectivity index (χ0) is 51.2. The van der Waals surface area contributed by atoms with Crippen molar-refractivity contribution in [3.63, 3.8) is 0 Å². The summed E-state index contributed by atoms with van der Waals surface area (Å²) in [6, 6.07) is 90.9. The molecule has 19 rings (SSSR count). The molecular weight excluding hydrogens is 1020 g/mol. The number of thiophene rings is 3. The van der Waals surface area contributed by atoms with E-state index in [0.717, 1.165) is 0 Å². The van der Waals surface area contributed by atoms with Crippen molar-refractivity contribution in [2.45, 2.75) is 0 Å². The maximum absolute atomic E-state index is 2.51. The van der Waals surface area contributed by atoms with Crippen LogP contribution in [0.5, 0.6) is 0 Å². The van der Waals surface area contributed by atoms with Crippen LogP contribution < -0.4 is 0 Å². The lowest BCUT2D eigenvalue weighted by atomic mass is 10.1. The summed E-state index contributed by atoms with van der Waals surface area (Å²) >= 11 is 5.71. The van der Waals surface area contributed by atoms with E-state index in [9.17, 15) is 0 Å². The highest BCUT2D eigenvalue weighted by Crippen LogP contribution is 2.49. The van der Waals surface area contributed by atoms with Gasteiger partial charge in [-0.15, -0.1) is 34.0 Å². The third-order valence-electron chi connectivity index (χ3n) is 17.1. The molecule has 7 aromatic heterocycles. The van der Waals surface area contributed by atoms with Gasteiger partial charge in [0.1, 0.15) is 0 Å². The number of hydrogen-bond donors (Lipinski definition) is 0. The quantitative estimate of drug-likeness (QED) is 0.167. The van der Waals surface area contributed by atoms with Gasteiger partial charge in [-0.1, -0.05) is 121 Å². The van der Waals surface area contributed by atoms with Gasteiger partial charge in [-0.25, -0.2) is 0 Å². The average Bonchev–Trinajstić information content (AvgIpc) is 4.48. The van der Waals surface area contributed by atoms with E-state index in [2.05, 4.69) is 261 Å². The maximum atomic E-state index is 2.51. The minimum Gasteiger partial charge on any atom is -0.309 e. The van der Waals surface area contributed by atoms with Gasteiger partial charge in [0, 0.05) is 126 Å². The summed E-state index contributed by atoms with van der Waals surface area (Å²) in [6.45, 7) is 0. The number of rotatable bonds is 4. The average molecular weight is 1060 g/mol. The topological polar surface area (TPSA) is 19.7 Å². The summed E-state index contributed by atoms with van der Waals surface area (Å²) in [7, 11) is 0. The second kappa shape index (κ2) is 15.6. The fraction of sp³-hybridized carbons (Fsp3) is 0. The summed E-state index contributed by atoms with van der Waals surface area (Å²) in [5.74, 6) is 0. The fourth-order valence-corrected chi connectivity index (χ4v) is 17.4. The Balaban J connectivity index is 0.786. The lowest BCUT2D eigenvalue weighted by Crippen LogP contribution is -1.94. The molecule has 0 radical (unpaired) electrons. The molecule has 0 aliphatic carbocycles. The van der Waals surface area contributed by atoms with Crippen molar-refractivity contribution in [2.24, 2.45) is 0 Å². The highest BCUT2D eigenvalue weighted by atomic mass is 32.1. The van der Waals surface area contributed by atoms with Crippen LogP contribution in [0.2, 0.25) is 0 Å². The minimum absolute atomic E-state index is 1.17. The Morgan fingerprint density at radius 2 is 0.456 bits per heavy atom. The Kier molecular flexibility index (Phi) is 8.40. The van der Waals surface area contributed by atoms with Gasteiger partial charge in [0.05, 0.1) is 44.1 Å². The van der Waals surface area contributed by atoms with Gasteiger partial charge in [-0.05, 0) is 121 Å². The number of hydrogen-bond acceptors (Lipinski definition) is 3. The Bertz CT molecular complexity index is 5420. The highest BCUT2D eigenvalue weighted by molar-refractivity contribution is 7.28. The predicted molar refractivity (Wildman–Crippen MR) is 342 cm³/mol. The minimum atomic E-state index is 1.17. The molecule has 0 amide bonds. The Morgan fingerprint density at radius 3 is 0.772 bits per heavy atom. The molecule has 0 bridgehead atoms. The van der Waals surface area contributed by atoms with Crippen molar-refractivity contribution in [2.75, 3.05) is 0 Å². The fourth-order valence-electron chi connectivity index (χ4n) is 13.8. The van der Waals surface area contributed by atoms with Crippen molar-refractivity contribution >= 4 is 182 Å². The Labute approximate surface area is 462 Å². The molecule has 366 valence electrons. The van der Waals surface area contributed by atoms with Gasteiger partial charge in [0.15, 0.2) is 0 Å². The molecule has 12 aromatic carbocycles. The molecule has 0 saturated carbocycles. The van der Waals surface area contributed by atoms with Gasteiger partial charge in [-0.3, -0.25) is 0 Å². The lowest BCUT2D eigenvalue weighted by molar-refractivity contribution is 1.18. The van der Waals surface area contributed by atoms with Crippen molar-refractivity contribution in [1.29, 1.82) is 0 Å². The number of nitrogens with zero attached hydrogens (tertiary/aromatic N) is 4. The van der Waals surface area contributed by atoms with E-state index in [0.29, 0.717) is 0 Å². The van der Waals surface area contributed by atoms with Crippen LogP contribution in [0.15, 0.2) is 243 Å². The normalized spacial score (nSPS) is 12.6. The first-order valence-corrected chi connectivity index (χ1v) is 29.3. The van der Waals surface area contributed by atoms with Crippen LogP contribution in [-0.4, -0.2) is 18.3 Å². The second-order valence-electron chi connectivity index (χ2n) is 21.1. The van der Waals surface area contributed by atoms with Crippen LogP contribution in [0.25, 0.3) is 170 Å². The Morgan fingerprint density at radius 1 is 0.190 bits per heavy atom. The van der Waals surface area contributed by atoms with Gasteiger partial charge in [-0.2, -0.15) is 0 Å². The first-order chi connectivity index (χ1) is 39.2. The van der Waals surface area contributed by atoms with Crippen LogP contribution in [0.1, 0.15) is 0 Å². The molecule has 0 atom stereocenters. The Hall–Kier alpha value is -9.50. The first-order valence-electron chi connectivity index (χ1n) is 26.9. The van der Waals surface area contributed by atoms with Crippen LogP contribution in [0.3, 0.4) is 0 Å². The summed E-state index contributed by atoms with van der Waals surface area (Å²) in [4.78, 5) is 0. The summed E-state index contributed by atoms with van der Waals surface area (Å²) in [5.41, 5.74) is 14.5. The van der Waals surface area contributed by atoms with E-state index >= 15 is 0 Å². The van der Waals surface area contributed by atoms with Gasteiger partial charge >= 0.3 is 0 Å². The summed E-state index contributed by atoms with van der Waals surface area (Å²) < 4.78 is 17.7. The van der Waals surface area contributed by atoms with Crippen molar-refractivity contribution in [3.8, 4) is 22.7 Å². The molecule has 0 saturated heterocycles. The first kappa shape index (κ1) is 42.6. The molecule has 0 unspecified atom stereocenters. The molecule has 79 heavy (non-hydrogen) atoms. The maximum Gasteiger partial charge on any atom is 0.0555 e. The van der Waals surface area contributed by atoms with E-state index in [1.165, 1.54) is 170 Å². The molecule has 19 aromatic rings. The number of fused-ring (bicyclic) bond motifs is 23. The zero-order valence-corrected chi connectivity index (χ0v) is 44.6. The van der Waals surface area contributed by atoms with E-state index in [-0.39, 0.29) is 0 Å². The standard InChI is InChI=1S/C72H40N4S3/c1-7-19-57-45(13-1)46-14-2-8-20-58(46)73(57)41-25-33-65-53(37-41)55-39-43(27-35-67(55)77-65)75-61-23-11-5-17-51(61)69-63(75)31-29-49-50-30-32-64-70(72(50)79-71(49)69)52-18-6-12-24-62(52)76(64)44-28-36-68-56(40-44)54-38-42(26-34-66(54)78-68)74-59-21-9-3-15-47(59)48-16-4-10-22-60(48)74/h1-40H. The van der Waals surface area contributed by atoms with E-state index in [1.807, 2.05) is 34.0 Å². The number of aromatic nitrogens is 4. The van der Waals surface area contributed by atoms with Gasteiger partial charge in [0.25, 0.3) is 0 Å². The van der Waals surface area contributed by atoms with Crippen LogP contribution in [0.4, 0.5) is 0 Å². The highest BCUT2D eigenvalue weighted by Gasteiger charge is 2.23. The zero-order valence-electron chi connectivity index (χ0n) is 42.1. The second-order valence-corrected chi connectivity index (χ2v) is 24.3. The lowest BCUT2D eigenvalue weighted by Gasteiger charge is -2.10. The molecule has 0 fully saturated rings. The molecule has 0 spiro atoms. The van der Waals surface area contributed by atoms with Crippen molar-refractivity contribution in [1.82, 2.24) is 18.3 Å².